The minimum atomic E-state index is 0.0589. The van der Waals surface area contributed by atoms with Gasteiger partial charge in [0.2, 0.25) is 0 Å². The Kier molecular flexibility index (Phi) is 6.78. The van der Waals surface area contributed by atoms with Gasteiger partial charge in [0.25, 0.3) is 0 Å². The predicted molar refractivity (Wildman–Crippen MR) is 106 cm³/mol. The summed E-state index contributed by atoms with van der Waals surface area (Å²) in [4.78, 5) is 7.47. The summed E-state index contributed by atoms with van der Waals surface area (Å²) < 4.78 is 11.3. The van der Waals surface area contributed by atoms with Crippen molar-refractivity contribution >= 4 is 5.96 Å². The zero-order valence-electron chi connectivity index (χ0n) is 16.3. The van der Waals surface area contributed by atoms with Gasteiger partial charge in [-0.1, -0.05) is 12.1 Å². The lowest BCUT2D eigenvalue weighted by molar-refractivity contribution is 0.0530. The quantitative estimate of drug-likeness (QED) is 0.626. The molecule has 1 aromatic rings. The van der Waals surface area contributed by atoms with Gasteiger partial charge < -0.3 is 19.7 Å². The zero-order valence-corrected chi connectivity index (χ0v) is 16.3. The molecule has 0 bridgehead atoms. The van der Waals surface area contributed by atoms with Crippen LogP contribution in [0, 0.1) is 0 Å². The molecule has 144 valence electrons. The molecule has 2 heterocycles. The van der Waals surface area contributed by atoms with Crippen LogP contribution < -0.4 is 10.1 Å². The maximum absolute atomic E-state index is 5.66. The number of rotatable bonds is 6. The van der Waals surface area contributed by atoms with Crippen LogP contribution in [-0.4, -0.2) is 56.9 Å². The molecule has 2 aliphatic heterocycles. The Labute approximate surface area is 157 Å². The highest BCUT2D eigenvalue weighted by Crippen LogP contribution is 2.36. The van der Waals surface area contributed by atoms with Crippen LogP contribution in [0.3, 0.4) is 0 Å². The second-order valence-corrected chi connectivity index (χ2v) is 7.21. The van der Waals surface area contributed by atoms with E-state index in [0.29, 0.717) is 6.61 Å². The first-order valence-electron chi connectivity index (χ1n) is 10.1. The lowest BCUT2D eigenvalue weighted by atomic mass is 9.74. The Bertz CT molecular complexity index is 573. The van der Waals surface area contributed by atoms with Crippen LogP contribution in [0.25, 0.3) is 0 Å². The molecule has 1 N–H and O–H groups in total. The van der Waals surface area contributed by atoms with E-state index >= 15 is 0 Å². The van der Waals surface area contributed by atoms with E-state index in [1.165, 1.54) is 18.4 Å². The Hall–Kier alpha value is -1.75. The average molecular weight is 360 g/mol. The summed E-state index contributed by atoms with van der Waals surface area (Å²) in [6, 6.07) is 8.61. The number of benzene rings is 1. The maximum Gasteiger partial charge on any atom is 0.193 e. The van der Waals surface area contributed by atoms with E-state index < -0.39 is 0 Å². The maximum atomic E-state index is 5.66. The van der Waals surface area contributed by atoms with Crippen molar-refractivity contribution in [3.63, 3.8) is 0 Å². The number of nitrogens with zero attached hydrogens (tertiary/aromatic N) is 2. The van der Waals surface area contributed by atoms with Gasteiger partial charge in [0.1, 0.15) is 5.75 Å². The highest BCUT2D eigenvalue weighted by molar-refractivity contribution is 5.80. The number of ether oxygens (including phenoxy) is 2. The largest absolute Gasteiger partial charge is 0.494 e. The minimum absolute atomic E-state index is 0.0589. The van der Waals surface area contributed by atoms with Gasteiger partial charge in [0.15, 0.2) is 5.96 Å². The van der Waals surface area contributed by atoms with Crippen LogP contribution in [0.1, 0.15) is 45.1 Å². The molecule has 0 aromatic heterocycles. The molecule has 0 radical (unpaired) electrons. The summed E-state index contributed by atoms with van der Waals surface area (Å²) in [7, 11) is 0. The summed E-state index contributed by atoms with van der Waals surface area (Å²) in [5.41, 5.74) is 1.41. The monoisotopic (exact) mass is 359 g/mol. The van der Waals surface area contributed by atoms with Crippen molar-refractivity contribution in [1.29, 1.82) is 0 Å². The van der Waals surface area contributed by atoms with Crippen LogP contribution in [0.2, 0.25) is 0 Å². The predicted octanol–water partition coefficient (Wildman–Crippen LogP) is 3.19. The summed E-state index contributed by atoms with van der Waals surface area (Å²) in [5.74, 6) is 2.01. The first-order chi connectivity index (χ1) is 12.8. The molecule has 0 saturated carbocycles. The van der Waals surface area contributed by atoms with Gasteiger partial charge in [-0.15, -0.1) is 0 Å². The van der Waals surface area contributed by atoms with Crippen molar-refractivity contribution < 1.29 is 9.47 Å². The van der Waals surface area contributed by atoms with E-state index in [4.69, 9.17) is 14.5 Å². The third-order valence-electron chi connectivity index (χ3n) is 5.50. The van der Waals surface area contributed by atoms with Gasteiger partial charge in [-0.25, -0.2) is 0 Å². The Morgan fingerprint density at radius 3 is 2.46 bits per heavy atom. The summed E-state index contributed by atoms with van der Waals surface area (Å²) in [5, 5.41) is 3.48. The van der Waals surface area contributed by atoms with E-state index in [2.05, 4.69) is 41.4 Å². The van der Waals surface area contributed by atoms with E-state index in [1.54, 1.807) is 0 Å². The van der Waals surface area contributed by atoms with Gasteiger partial charge in [-0.2, -0.15) is 0 Å². The summed E-state index contributed by atoms with van der Waals surface area (Å²) >= 11 is 0. The standard InChI is InChI=1S/C21H33N3O2/c1-3-22-20(24-13-5-6-14-24)23-17-21(11-15-25-16-12-21)18-7-9-19(10-8-18)26-4-2/h7-10H,3-6,11-17H2,1-2H3,(H,22,23). The molecule has 2 fully saturated rings. The summed E-state index contributed by atoms with van der Waals surface area (Å²) in [6.45, 7) is 10.4. The molecule has 26 heavy (non-hydrogen) atoms. The molecular formula is C21H33N3O2. The van der Waals surface area contributed by atoms with Gasteiger partial charge in [0, 0.05) is 38.3 Å². The van der Waals surface area contributed by atoms with Crippen molar-refractivity contribution in [3.8, 4) is 5.75 Å². The molecule has 2 saturated heterocycles. The van der Waals surface area contributed by atoms with E-state index in [1.807, 2.05) is 6.92 Å². The molecule has 5 heteroatoms. The third kappa shape index (κ3) is 4.50. The number of hydrogen-bond acceptors (Lipinski definition) is 3. The minimum Gasteiger partial charge on any atom is -0.494 e. The first-order valence-corrected chi connectivity index (χ1v) is 10.1. The number of guanidine groups is 1. The molecular weight excluding hydrogens is 326 g/mol. The van der Waals surface area contributed by atoms with Gasteiger partial charge >= 0.3 is 0 Å². The van der Waals surface area contributed by atoms with Crippen molar-refractivity contribution in [3.05, 3.63) is 29.8 Å². The van der Waals surface area contributed by atoms with Gasteiger partial charge in [-0.3, -0.25) is 4.99 Å². The zero-order chi connectivity index (χ0) is 18.2. The highest BCUT2D eigenvalue weighted by atomic mass is 16.5. The van der Waals surface area contributed by atoms with Crippen LogP contribution >= 0.6 is 0 Å². The van der Waals surface area contributed by atoms with Crippen molar-refractivity contribution in [2.45, 2.75) is 44.9 Å². The van der Waals surface area contributed by atoms with Crippen molar-refractivity contribution in [2.24, 2.45) is 4.99 Å². The molecule has 1 aromatic carbocycles. The van der Waals surface area contributed by atoms with Crippen LogP contribution in [0.5, 0.6) is 5.75 Å². The van der Waals surface area contributed by atoms with E-state index in [0.717, 1.165) is 63.9 Å². The molecule has 2 aliphatic rings. The molecule has 0 spiro atoms. The van der Waals surface area contributed by atoms with Crippen molar-refractivity contribution in [2.75, 3.05) is 46.0 Å². The number of aliphatic imine (C=N–C) groups is 1. The average Bonchev–Trinajstić information content (AvgIpc) is 3.21. The Morgan fingerprint density at radius 2 is 1.85 bits per heavy atom. The molecule has 0 unspecified atom stereocenters. The van der Waals surface area contributed by atoms with Crippen LogP contribution in [0.15, 0.2) is 29.3 Å². The highest BCUT2D eigenvalue weighted by Gasteiger charge is 2.35. The fourth-order valence-electron chi connectivity index (χ4n) is 3.95. The molecule has 0 atom stereocenters. The Morgan fingerprint density at radius 1 is 1.15 bits per heavy atom. The Balaban J connectivity index is 1.80. The van der Waals surface area contributed by atoms with Crippen molar-refractivity contribution in [1.82, 2.24) is 10.2 Å². The van der Waals surface area contributed by atoms with Crippen LogP contribution in [0.4, 0.5) is 0 Å². The molecule has 3 rings (SSSR count). The number of likely N-dealkylation sites (tertiary alicyclic amines) is 1. The molecule has 0 aliphatic carbocycles. The normalized spacial score (nSPS) is 20.2. The molecule has 0 amide bonds. The fraction of sp³-hybridized carbons (Fsp3) is 0.667. The van der Waals surface area contributed by atoms with E-state index in [-0.39, 0.29) is 5.41 Å². The smallest absolute Gasteiger partial charge is 0.193 e. The fourth-order valence-corrected chi connectivity index (χ4v) is 3.95. The van der Waals surface area contributed by atoms with E-state index in [9.17, 15) is 0 Å². The topological polar surface area (TPSA) is 46.1 Å². The van der Waals surface area contributed by atoms with Crippen LogP contribution in [-0.2, 0) is 10.2 Å². The summed E-state index contributed by atoms with van der Waals surface area (Å²) in [6.07, 6.45) is 4.57. The first kappa shape index (κ1) is 19.0. The lowest BCUT2D eigenvalue weighted by Gasteiger charge is -2.37. The third-order valence-corrected chi connectivity index (χ3v) is 5.50. The molecule has 5 nitrogen and oxygen atoms in total. The number of hydrogen-bond donors (Lipinski definition) is 1. The number of nitrogens with one attached hydrogen (secondary N) is 1. The second-order valence-electron chi connectivity index (χ2n) is 7.21. The van der Waals surface area contributed by atoms with Gasteiger partial charge in [-0.05, 0) is 57.2 Å². The lowest BCUT2D eigenvalue weighted by Crippen LogP contribution is -2.42. The van der Waals surface area contributed by atoms with Gasteiger partial charge in [0.05, 0.1) is 13.2 Å². The SMILES string of the molecule is CCNC(=NCC1(c2ccc(OCC)cc2)CCOCC1)N1CCCC1. The second kappa shape index (κ2) is 9.26.